The van der Waals surface area contributed by atoms with Gasteiger partial charge in [-0.1, -0.05) is 37.7 Å². The number of aromatic nitrogens is 3. The second-order valence-electron chi connectivity index (χ2n) is 7.04. The number of nitrogens with zero attached hydrogens (tertiary/aromatic N) is 3. The lowest BCUT2D eigenvalue weighted by molar-refractivity contribution is 0.0990. The van der Waals surface area contributed by atoms with Crippen molar-refractivity contribution in [3.8, 4) is 11.4 Å². The molecular formula is C21H20F3N3OS. The van der Waals surface area contributed by atoms with Crippen LogP contribution in [0.25, 0.3) is 11.4 Å². The van der Waals surface area contributed by atoms with Gasteiger partial charge in [-0.05, 0) is 37.1 Å². The van der Waals surface area contributed by atoms with Crippen LogP contribution in [0.5, 0.6) is 0 Å². The van der Waals surface area contributed by atoms with Crippen molar-refractivity contribution in [3.63, 3.8) is 0 Å². The van der Waals surface area contributed by atoms with Crippen LogP contribution in [0.1, 0.15) is 31.1 Å². The molecule has 1 unspecified atom stereocenters. The van der Waals surface area contributed by atoms with Gasteiger partial charge in [-0.25, -0.2) is 13.2 Å². The number of halogens is 3. The van der Waals surface area contributed by atoms with Crippen molar-refractivity contribution in [2.45, 2.75) is 37.7 Å². The fourth-order valence-corrected chi connectivity index (χ4v) is 3.79. The first-order valence-electron chi connectivity index (χ1n) is 9.12. The standard InChI is InChI=1S/C21H20F3N3OS/c1-12(2)11-27-20(16-6-4-5-7-17(16)23)25-26-21(27)29-13(3)19(28)15-9-8-14(22)10-18(15)24/h4-10,12-13H,11H2,1-3H3. The minimum Gasteiger partial charge on any atom is -0.302 e. The van der Waals surface area contributed by atoms with Gasteiger partial charge in [0.1, 0.15) is 17.5 Å². The monoisotopic (exact) mass is 419 g/mol. The van der Waals surface area contributed by atoms with Crippen LogP contribution >= 0.6 is 11.8 Å². The first-order valence-corrected chi connectivity index (χ1v) is 10.00. The maximum Gasteiger partial charge on any atom is 0.192 e. The van der Waals surface area contributed by atoms with Crippen molar-refractivity contribution in [2.24, 2.45) is 5.92 Å². The molecule has 0 saturated carbocycles. The summed E-state index contributed by atoms with van der Waals surface area (Å²) in [6.45, 7) is 6.14. The molecule has 1 heterocycles. The first kappa shape index (κ1) is 21.1. The van der Waals surface area contributed by atoms with Gasteiger partial charge in [0.15, 0.2) is 16.8 Å². The highest BCUT2D eigenvalue weighted by molar-refractivity contribution is 8.00. The predicted molar refractivity (Wildman–Crippen MR) is 106 cm³/mol. The Morgan fingerprint density at radius 3 is 2.41 bits per heavy atom. The molecule has 1 atom stereocenters. The first-order chi connectivity index (χ1) is 13.8. The fourth-order valence-electron chi connectivity index (χ4n) is 2.87. The molecule has 0 saturated heterocycles. The molecule has 3 aromatic rings. The molecule has 0 radical (unpaired) electrons. The quantitative estimate of drug-likeness (QED) is 0.381. The summed E-state index contributed by atoms with van der Waals surface area (Å²) < 4.78 is 43.1. The molecule has 3 rings (SSSR count). The van der Waals surface area contributed by atoms with E-state index in [0.29, 0.717) is 29.2 Å². The van der Waals surface area contributed by atoms with E-state index in [4.69, 9.17) is 0 Å². The summed E-state index contributed by atoms with van der Waals surface area (Å²) in [6.07, 6.45) is 0. The molecule has 0 aliphatic heterocycles. The number of benzene rings is 2. The van der Waals surface area contributed by atoms with Gasteiger partial charge in [-0.3, -0.25) is 4.79 Å². The summed E-state index contributed by atoms with van der Waals surface area (Å²) >= 11 is 1.11. The summed E-state index contributed by atoms with van der Waals surface area (Å²) in [6, 6.07) is 9.13. The third kappa shape index (κ3) is 4.70. The van der Waals surface area contributed by atoms with E-state index in [-0.39, 0.29) is 11.5 Å². The molecule has 29 heavy (non-hydrogen) atoms. The molecule has 0 N–H and O–H groups in total. The number of carbonyl (C=O) groups is 1. The third-order valence-corrected chi connectivity index (χ3v) is 5.31. The van der Waals surface area contributed by atoms with Gasteiger partial charge in [-0.2, -0.15) is 0 Å². The van der Waals surface area contributed by atoms with E-state index in [9.17, 15) is 18.0 Å². The van der Waals surface area contributed by atoms with Crippen LogP contribution in [0.3, 0.4) is 0 Å². The van der Waals surface area contributed by atoms with Gasteiger partial charge < -0.3 is 4.57 Å². The number of thioether (sulfide) groups is 1. The second kappa shape index (κ2) is 8.82. The molecule has 1 aromatic heterocycles. The molecule has 8 heteroatoms. The minimum absolute atomic E-state index is 0.185. The average Bonchev–Trinajstić information content (AvgIpc) is 3.03. The van der Waals surface area contributed by atoms with Crippen LogP contribution in [0.4, 0.5) is 13.2 Å². The highest BCUT2D eigenvalue weighted by Gasteiger charge is 2.25. The Hall–Kier alpha value is -2.61. The van der Waals surface area contributed by atoms with Crippen LogP contribution in [-0.4, -0.2) is 25.8 Å². The van der Waals surface area contributed by atoms with E-state index in [1.165, 1.54) is 6.07 Å². The molecule has 0 bridgehead atoms. The van der Waals surface area contributed by atoms with Crippen molar-refractivity contribution in [1.82, 2.24) is 14.8 Å². The zero-order chi connectivity index (χ0) is 21.1. The largest absolute Gasteiger partial charge is 0.302 e. The molecule has 152 valence electrons. The zero-order valence-corrected chi connectivity index (χ0v) is 17.0. The maximum atomic E-state index is 14.3. The molecule has 4 nitrogen and oxygen atoms in total. The van der Waals surface area contributed by atoms with E-state index >= 15 is 0 Å². The van der Waals surface area contributed by atoms with Gasteiger partial charge >= 0.3 is 0 Å². The fraction of sp³-hybridized carbons (Fsp3) is 0.286. The van der Waals surface area contributed by atoms with Crippen molar-refractivity contribution < 1.29 is 18.0 Å². The number of hydrogen-bond donors (Lipinski definition) is 0. The van der Waals surface area contributed by atoms with E-state index in [1.807, 2.05) is 13.8 Å². The van der Waals surface area contributed by atoms with Crippen molar-refractivity contribution >= 4 is 17.5 Å². The molecule has 0 amide bonds. The Balaban J connectivity index is 1.92. The second-order valence-corrected chi connectivity index (χ2v) is 8.35. The third-order valence-electron chi connectivity index (χ3n) is 4.23. The molecule has 0 aliphatic rings. The normalized spacial score (nSPS) is 12.4. The van der Waals surface area contributed by atoms with Crippen LogP contribution in [-0.2, 0) is 6.54 Å². The maximum absolute atomic E-state index is 14.3. The Bertz CT molecular complexity index is 1040. The number of carbonyl (C=O) groups excluding carboxylic acids is 1. The van der Waals surface area contributed by atoms with E-state index < -0.39 is 28.5 Å². The summed E-state index contributed by atoms with van der Waals surface area (Å²) in [5, 5.41) is 8.01. The van der Waals surface area contributed by atoms with Crippen molar-refractivity contribution in [1.29, 1.82) is 0 Å². The van der Waals surface area contributed by atoms with Crippen LogP contribution in [0.2, 0.25) is 0 Å². The van der Waals surface area contributed by atoms with Crippen LogP contribution < -0.4 is 0 Å². The van der Waals surface area contributed by atoms with Gasteiger partial charge in [-0.15, -0.1) is 10.2 Å². The summed E-state index contributed by atoms with van der Waals surface area (Å²) in [5.41, 5.74) is 0.131. The molecular weight excluding hydrogens is 399 g/mol. The lowest BCUT2D eigenvalue weighted by atomic mass is 10.1. The number of rotatable bonds is 7. The molecule has 0 spiro atoms. The summed E-state index contributed by atoms with van der Waals surface area (Å²) in [4.78, 5) is 12.6. The zero-order valence-electron chi connectivity index (χ0n) is 16.2. The Morgan fingerprint density at radius 1 is 1.03 bits per heavy atom. The lowest BCUT2D eigenvalue weighted by Gasteiger charge is -2.15. The summed E-state index contributed by atoms with van der Waals surface area (Å²) in [5.74, 6) is -1.97. The van der Waals surface area contributed by atoms with E-state index in [0.717, 1.165) is 23.9 Å². The van der Waals surface area contributed by atoms with Gasteiger partial charge in [0.25, 0.3) is 0 Å². The summed E-state index contributed by atoms with van der Waals surface area (Å²) in [7, 11) is 0. The minimum atomic E-state index is -0.904. The molecule has 2 aromatic carbocycles. The van der Waals surface area contributed by atoms with Gasteiger partial charge in [0.2, 0.25) is 0 Å². The topological polar surface area (TPSA) is 47.8 Å². The SMILES string of the molecule is CC(C)Cn1c(SC(C)C(=O)c2ccc(F)cc2F)nnc1-c1ccccc1F. The predicted octanol–water partition coefficient (Wildman–Crippen LogP) is 5.38. The highest BCUT2D eigenvalue weighted by atomic mass is 32.2. The number of hydrogen-bond acceptors (Lipinski definition) is 4. The van der Waals surface area contributed by atoms with Crippen molar-refractivity contribution in [3.05, 3.63) is 65.5 Å². The van der Waals surface area contributed by atoms with E-state index in [1.54, 1.807) is 29.7 Å². The van der Waals surface area contributed by atoms with Crippen LogP contribution in [0.15, 0.2) is 47.6 Å². The van der Waals surface area contributed by atoms with Crippen molar-refractivity contribution in [2.75, 3.05) is 0 Å². The Labute approximate surface area is 171 Å². The number of Topliss-reactive ketones (excluding diaryl/α,β-unsaturated/α-hetero) is 1. The van der Waals surface area contributed by atoms with E-state index in [2.05, 4.69) is 10.2 Å². The van der Waals surface area contributed by atoms with Gasteiger partial charge in [0.05, 0.1) is 16.4 Å². The van der Waals surface area contributed by atoms with Crippen LogP contribution in [0, 0.1) is 23.4 Å². The lowest BCUT2D eigenvalue weighted by Crippen LogP contribution is -2.17. The molecule has 0 fully saturated rings. The Kier molecular flexibility index (Phi) is 6.42. The average molecular weight is 419 g/mol. The smallest absolute Gasteiger partial charge is 0.192 e. The van der Waals surface area contributed by atoms with Gasteiger partial charge in [0, 0.05) is 12.6 Å². The highest BCUT2D eigenvalue weighted by Crippen LogP contribution is 2.30. The Morgan fingerprint density at radius 2 is 1.76 bits per heavy atom. The molecule has 0 aliphatic carbocycles. The number of ketones is 1.